The summed E-state index contributed by atoms with van der Waals surface area (Å²) >= 11 is 1.92. The molecule has 11 aromatic rings. The van der Waals surface area contributed by atoms with Gasteiger partial charge in [0.2, 0.25) is 0 Å². The van der Waals surface area contributed by atoms with E-state index in [4.69, 9.17) is 15.0 Å². The van der Waals surface area contributed by atoms with E-state index in [0.717, 1.165) is 33.4 Å². The van der Waals surface area contributed by atoms with Crippen molar-refractivity contribution < 1.29 is 0 Å². The molecule has 0 saturated carbocycles. The second-order valence-electron chi connectivity index (χ2n) is 14.7. The zero-order chi connectivity index (χ0) is 37.5. The van der Waals surface area contributed by atoms with Crippen LogP contribution in [0.15, 0.2) is 188 Å². The molecule has 0 N–H and O–H groups in total. The number of para-hydroxylation sites is 1. The Balaban J connectivity index is 1.02. The average Bonchev–Trinajstić information content (AvgIpc) is 3.94. The molecule has 0 saturated heterocycles. The second-order valence-corrected chi connectivity index (χ2v) is 15.8. The van der Waals surface area contributed by atoms with Crippen LogP contribution in [0.3, 0.4) is 0 Å². The summed E-state index contributed by atoms with van der Waals surface area (Å²) in [6, 6.07) is 67.3. The number of rotatable bonds is 5. The van der Waals surface area contributed by atoms with Crippen molar-refractivity contribution >= 4 is 53.3 Å². The van der Waals surface area contributed by atoms with E-state index in [0.29, 0.717) is 17.5 Å². The summed E-state index contributed by atoms with van der Waals surface area (Å²) in [6.45, 7) is 0. The number of thiophene rings is 1. The lowest BCUT2D eigenvalue weighted by Gasteiger charge is -2.15. The standard InChI is InChI=1S/C52H32N4S/c1-3-14-32(15-4-1)50-53-51(33-16-5-2-6-17-33)55-52(54-50)35-18-13-19-36(30-35)56-44-24-11-9-20-37(44)43-31-34(26-29-45(43)56)47-39-22-7-8-23-40(39)48-42(47)28-27-41-38-21-10-12-25-46(38)57-49(41)48/h1-31,47H. The van der Waals surface area contributed by atoms with Gasteiger partial charge in [0, 0.05) is 64.8 Å². The maximum atomic E-state index is 5.04. The van der Waals surface area contributed by atoms with E-state index in [9.17, 15) is 0 Å². The Kier molecular flexibility index (Phi) is 7.13. The van der Waals surface area contributed by atoms with Gasteiger partial charge in [-0.05, 0) is 58.7 Å². The highest BCUT2D eigenvalue weighted by atomic mass is 32.1. The van der Waals surface area contributed by atoms with Crippen LogP contribution in [0.4, 0.5) is 0 Å². The molecule has 3 heterocycles. The molecule has 0 bridgehead atoms. The van der Waals surface area contributed by atoms with E-state index in [2.05, 4.69) is 132 Å². The Bertz CT molecular complexity index is 3310. The Morgan fingerprint density at radius 1 is 0.421 bits per heavy atom. The molecule has 12 rings (SSSR count). The summed E-state index contributed by atoms with van der Waals surface area (Å²) in [7, 11) is 0. The second kappa shape index (κ2) is 12.7. The Hall–Kier alpha value is -7.21. The van der Waals surface area contributed by atoms with Crippen molar-refractivity contribution in [2.24, 2.45) is 0 Å². The van der Waals surface area contributed by atoms with Crippen LogP contribution >= 0.6 is 11.3 Å². The van der Waals surface area contributed by atoms with Gasteiger partial charge in [-0.15, -0.1) is 11.3 Å². The third kappa shape index (κ3) is 5.03. The maximum absolute atomic E-state index is 5.04. The first-order valence-electron chi connectivity index (χ1n) is 19.3. The van der Waals surface area contributed by atoms with Crippen molar-refractivity contribution in [3.8, 4) is 51.0 Å². The van der Waals surface area contributed by atoms with E-state index in [1.54, 1.807) is 0 Å². The monoisotopic (exact) mass is 744 g/mol. The molecule has 4 nitrogen and oxygen atoms in total. The van der Waals surface area contributed by atoms with Crippen LogP contribution in [-0.4, -0.2) is 19.5 Å². The molecule has 3 aromatic heterocycles. The van der Waals surface area contributed by atoms with Crippen LogP contribution < -0.4 is 0 Å². The Morgan fingerprint density at radius 3 is 1.84 bits per heavy atom. The van der Waals surface area contributed by atoms with E-state index >= 15 is 0 Å². The van der Waals surface area contributed by atoms with Crippen molar-refractivity contribution in [2.75, 3.05) is 0 Å². The molecule has 57 heavy (non-hydrogen) atoms. The number of fused-ring (bicyclic) bond motifs is 10. The first-order chi connectivity index (χ1) is 28.3. The highest BCUT2D eigenvalue weighted by Gasteiger charge is 2.32. The quantitative estimate of drug-likeness (QED) is 0.176. The Morgan fingerprint density at radius 2 is 1.05 bits per heavy atom. The molecule has 1 aliphatic rings. The SMILES string of the molecule is c1ccc(-c2nc(-c3ccccc3)nc(-c3cccc(-n4c5ccccc5c5cc(C6c7ccccc7-c7c6ccc6c7sc7ccccc76)ccc54)c3)n2)cc1. The molecule has 8 aromatic carbocycles. The smallest absolute Gasteiger partial charge is 0.164 e. The molecule has 0 fully saturated rings. The fourth-order valence-electron chi connectivity index (χ4n) is 9.00. The third-order valence-corrected chi connectivity index (χ3v) is 12.7. The third-order valence-electron chi connectivity index (χ3n) is 11.5. The fourth-order valence-corrected chi connectivity index (χ4v) is 10.3. The van der Waals surface area contributed by atoms with Gasteiger partial charge >= 0.3 is 0 Å². The molecule has 0 amide bonds. The largest absolute Gasteiger partial charge is 0.309 e. The van der Waals surface area contributed by atoms with Crippen LogP contribution in [0, 0.1) is 0 Å². The van der Waals surface area contributed by atoms with Gasteiger partial charge in [-0.2, -0.15) is 0 Å². The molecule has 1 atom stereocenters. The van der Waals surface area contributed by atoms with Crippen LogP contribution in [-0.2, 0) is 0 Å². The highest BCUT2D eigenvalue weighted by Crippen LogP contribution is 2.53. The van der Waals surface area contributed by atoms with Crippen LogP contribution in [0.2, 0.25) is 0 Å². The molecular weight excluding hydrogens is 713 g/mol. The minimum absolute atomic E-state index is 0.141. The summed E-state index contributed by atoms with van der Waals surface area (Å²) in [6.07, 6.45) is 0. The molecule has 1 aliphatic carbocycles. The van der Waals surface area contributed by atoms with Gasteiger partial charge in [0.05, 0.1) is 11.0 Å². The minimum Gasteiger partial charge on any atom is -0.309 e. The van der Waals surface area contributed by atoms with Gasteiger partial charge < -0.3 is 4.57 Å². The van der Waals surface area contributed by atoms with Gasteiger partial charge in [0.15, 0.2) is 17.5 Å². The first-order valence-corrected chi connectivity index (χ1v) is 20.1. The lowest BCUT2D eigenvalue weighted by Crippen LogP contribution is -2.01. The van der Waals surface area contributed by atoms with Gasteiger partial charge in [-0.1, -0.05) is 152 Å². The molecule has 266 valence electrons. The Labute approximate surface area is 333 Å². The predicted octanol–water partition coefficient (Wildman–Crippen LogP) is 13.5. The minimum atomic E-state index is 0.141. The number of hydrogen-bond donors (Lipinski definition) is 0. The van der Waals surface area contributed by atoms with Crippen molar-refractivity contribution in [2.45, 2.75) is 5.92 Å². The average molecular weight is 745 g/mol. The predicted molar refractivity (Wildman–Crippen MR) is 236 cm³/mol. The molecule has 0 radical (unpaired) electrons. The summed E-state index contributed by atoms with van der Waals surface area (Å²) in [5, 5.41) is 5.14. The highest BCUT2D eigenvalue weighted by molar-refractivity contribution is 7.26. The maximum Gasteiger partial charge on any atom is 0.164 e. The molecule has 5 heteroatoms. The molecule has 0 spiro atoms. The normalized spacial score (nSPS) is 13.4. The lowest BCUT2D eigenvalue weighted by molar-refractivity contribution is 1.02. The first kappa shape index (κ1) is 32.1. The lowest BCUT2D eigenvalue weighted by atomic mass is 9.88. The van der Waals surface area contributed by atoms with Crippen molar-refractivity contribution in [1.29, 1.82) is 0 Å². The summed E-state index contributed by atoms with van der Waals surface area (Å²) < 4.78 is 5.10. The molecular formula is C52H32N4S. The van der Waals surface area contributed by atoms with Crippen molar-refractivity contribution in [3.05, 3.63) is 205 Å². The van der Waals surface area contributed by atoms with Gasteiger partial charge in [-0.25, -0.2) is 15.0 Å². The number of hydrogen-bond acceptors (Lipinski definition) is 4. The molecule has 0 aliphatic heterocycles. The zero-order valence-electron chi connectivity index (χ0n) is 30.7. The van der Waals surface area contributed by atoms with Gasteiger partial charge in [-0.3, -0.25) is 0 Å². The number of nitrogens with zero attached hydrogens (tertiary/aromatic N) is 4. The van der Waals surface area contributed by atoms with Crippen molar-refractivity contribution in [1.82, 2.24) is 19.5 Å². The zero-order valence-corrected chi connectivity index (χ0v) is 31.5. The van der Waals surface area contributed by atoms with E-state index in [1.165, 1.54) is 58.8 Å². The van der Waals surface area contributed by atoms with Crippen LogP contribution in [0.1, 0.15) is 22.6 Å². The van der Waals surface area contributed by atoms with Gasteiger partial charge in [0.1, 0.15) is 0 Å². The van der Waals surface area contributed by atoms with Crippen molar-refractivity contribution in [3.63, 3.8) is 0 Å². The van der Waals surface area contributed by atoms with E-state index in [1.807, 2.05) is 72.0 Å². The van der Waals surface area contributed by atoms with E-state index in [-0.39, 0.29) is 5.92 Å². The topological polar surface area (TPSA) is 43.6 Å². The summed E-state index contributed by atoms with van der Waals surface area (Å²) in [5.74, 6) is 2.08. The van der Waals surface area contributed by atoms with Gasteiger partial charge in [0.25, 0.3) is 0 Å². The van der Waals surface area contributed by atoms with Crippen LogP contribution in [0.25, 0.3) is 93.0 Å². The fraction of sp³-hybridized carbons (Fsp3) is 0.0192. The molecule has 1 unspecified atom stereocenters. The summed E-state index contributed by atoms with van der Waals surface area (Å²) in [5.41, 5.74) is 13.0. The van der Waals surface area contributed by atoms with E-state index < -0.39 is 0 Å². The number of aromatic nitrogens is 4. The summed E-state index contributed by atoms with van der Waals surface area (Å²) in [4.78, 5) is 15.0. The van der Waals surface area contributed by atoms with Crippen LogP contribution in [0.5, 0.6) is 0 Å². The number of benzene rings is 8.